The fourth-order valence-electron chi connectivity index (χ4n) is 2.65. The van der Waals surface area contributed by atoms with Crippen LogP contribution in [0.1, 0.15) is 5.56 Å². The zero-order chi connectivity index (χ0) is 18.6. The highest BCUT2D eigenvalue weighted by Crippen LogP contribution is 2.30. The molecule has 27 heavy (non-hydrogen) atoms. The molecule has 0 atom stereocenters. The highest BCUT2D eigenvalue weighted by molar-refractivity contribution is 7.98. The van der Waals surface area contributed by atoms with E-state index in [2.05, 4.69) is 15.2 Å². The predicted octanol–water partition coefficient (Wildman–Crippen LogP) is 5.41. The third-order valence-corrected chi connectivity index (χ3v) is 5.15. The molecule has 0 amide bonds. The van der Waals surface area contributed by atoms with Gasteiger partial charge in [-0.2, -0.15) is 0 Å². The van der Waals surface area contributed by atoms with Crippen LogP contribution < -0.4 is 0 Å². The number of aromatic nitrogens is 4. The van der Waals surface area contributed by atoms with Crippen molar-refractivity contribution in [3.63, 3.8) is 0 Å². The van der Waals surface area contributed by atoms with Gasteiger partial charge in [0.15, 0.2) is 11.0 Å². The van der Waals surface area contributed by atoms with Crippen LogP contribution in [0.4, 0.5) is 4.39 Å². The van der Waals surface area contributed by atoms with Gasteiger partial charge in [-0.3, -0.25) is 9.55 Å². The first-order valence-electron chi connectivity index (χ1n) is 8.20. The highest BCUT2D eigenvalue weighted by atomic mass is 35.5. The van der Waals surface area contributed by atoms with Crippen molar-refractivity contribution in [3.8, 4) is 17.1 Å². The second kappa shape index (κ2) is 7.90. The number of thioether (sulfide) groups is 1. The lowest BCUT2D eigenvalue weighted by Gasteiger charge is -2.10. The summed E-state index contributed by atoms with van der Waals surface area (Å²) in [4.78, 5) is 4.05. The average Bonchev–Trinajstić information content (AvgIpc) is 3.12. The number of hydrogen-bond donors (Lipinski definition) is 0. The van der Waals surface area contributed by atoms with Gasteiger partial charge in [0.05, 0.1) is 0 Å². The zero-order valence-corrected chi connectivity index (χ0v) is 15.7. The van der Waals surface area contributed by atoms with Crippen molar-refractivity contribution < 1.29 is 4.39 Å². The summed E-state index contributed by atoms with van der Waals surface area (Å²) in [5.41, 5.74) is 2.77. The highest BCUT2D eigenvalue weighted by Gasteiger charge is 2.16. The molecular weight excluding hydrogens is 383 g/mol. The van der Waals surface area contributed by atoms with Gasteiger partial charge >= 0.3 is 0 Å². The van der Waals surface area contributed by atoms with Crippen molar-refractivity contribution in [2.75, 3.05) is 0 Å². The number of benzene rings is 2. The van der Waals surface area contributed by atoms with Crippen LogP contribution in [-0.4, -0.2) is 19.7 Å². The summed E-state index contributed by atoms with van der Waals surface area (Å²) in [5.74, 6) is 1.08. The van der Waals surface area contributed by atoms with E-state index in [1.807, 2.05) is 41.0 Å². The lowest BCUT2D eigenvalue weighted by atomic mass is 10.2. The third-order valence-electron chi connectivity index (χ3n) is 3.91. The van der Waals surface area contributed by atoms with Crippen molar-refractivity contribution in [1.29, 1.82) is 0 Å². The van der Waals surface area contributed by atoms with E-state index in [0.29, 0.717) is 21.8 Å². The smallest absolute Gasteiger partial charge is 0.196 e. The van der Waals surface area contributed by atoms with Gasteiger partial charge in [0, 0.05) is 34.4 Å². The standard InChI is InChI=1S/C20H14ClFN4S/c21-16-3-1-2-14(12-16)13-27-20-25-24-19(15-8-10-23-11-9-15)26(20)18-6-4-17(22)5-7-18/h1-12H,13H2. The monoisotopic (exact) mass is 396 g/mol. The lowest BCUT2D eigenvalue weighted by Crippen LogP contribution is -2.00. The van der Waals surface area contributed by atoms with E-state index in [1.54, 1.807) is 36.3 Å². The Morgan fingerprint density at radius 1 is 0.963 bits per heavy atom. The second-order valence-corrected chi connectivity index (χ2v) is 7.15. The number of rotatable bonds is 5. The van der Waals surface area contributed by atoms with Crippen LogP contribution in [0, 0.1) is 5.82 Å². The van der Waals surface area contributed by atoms with Crippen LogP contribution in [0.2, 0.25) is 5.02 Å². The molecule has 2 aromatic heterocycles. The van der Waals surface area contributed by atoms with E-state index in [9.17, 15) is 4.39 Å². The van der Waals surface area contributed by atoms with Gasteiger partial charge in [-0.1, -0.05) is 35.5 Å². The molecule has 4 nitrogen and oxygen atoms in total. The topological polar surface area (TPSA) is 43.6 Å². The molecule has 0 aliphatic heterocycles. The Balaban J connectivity index is 1.73. The fourth-order valence-corrected chi connectivity index (χ4v) is 3.76. The Bertz CT molecular complexity index is 1050. The van der Waals surface area contributed by atoms with Gasteiger partial charge in [-0.15, -0.1) is 10.2 Å². The van der Waals surface area contributed by atoms with Gasteiger partial charge in [-0.25, -0.2) is 4.39 Å². The second-order valence-electron chi connectivity index (χ2n) is 5.77. The first kappa shape index (κ1) is 17.7. The predicted molar refractivity (Wildman–Crippen MR) is 106 cm³/mol. The molecule has 0 N–H and O–H groups in total. The summed E-state index contributed by atoms with van der Waals surface area (Å²) in [6.07, 6.45) is 3.41. The molecule has 0 aliphatic carbocycles. The summed E-state index contributed by atoms with van der Waals surface area (Å²) < 4.78 is 15.3. The van der Waals surface area contributed by atoms with Crippen LogP contribution in [0.25, 0.3) is 17.1 Å². The zero-order valence-electron chi connectivity index (χ0n) is 14.1. The fraction of sp³-hybridized carbons (Fsp3) is 0.0500. The van der Waals surface area contributed by atoms with E-state index >= 15 is 0 Å². The maximum Gasteiger partial charge on any atom is 0.196 e. The molecule has 134 valence electrons. The third kappa shape index (κ3) is 4.02. The van der Waals surface area contributed by atoms with E-state index in [1.165, 1.54) is 12.1 Å². The van der Waals surface area contributed by atoms with Crippen molar-refractivity contribution in [1.82, 2.24) is 19.7 Å². The first-order valence-corrected chi connectivity index (χ1v) is 9.56. The molecule has 0 saturated carbocycles. The number of hydrogen-bond acceptors (Lipinski definition) is 4. The van der Waals surface area contributed by atoms with Crippen molar-refractivity contribution in [2.45, 2.75) is 10.9 Å². The van der Waals surface area contributed by atoms with Gasteiger partial charge in [-0.05, 0) is 54.1 Å². The minimum atomic E-state index is -0.287. The molecule has 0 saturated heterocycles. The van der Waals surface area contributed by atoms with Crippen LogP contribution in [0.5, 0.6) is 0 Å². The van der Waals surface area contributed by atoms with E-state index in [0.717, 1.165) is 16.8 Å². The Morgan fingerprint density at radius 3 is 2.48 bits per heavy atom. The summed E-state index contributed by atoms with van der Waals surface area (Å²) in [7, 11) is 0. The quantitative estimate of drug-likeness (QED) is 0.423. The van der Waals surface area contributed by atoms with Crippen molar-refractivity contribution in [2.24, 2.45) is 0 Å². The molecule has 2 aromatic carbocycles. The van der Waals surface area contributed by atoms with E-state index in [4.69, 9.17) is 11.6 Å². The summed E-state index contributed by atoms with van der Waals surface area (Å²) >= 11 is 7.61. The molecular formula is C20H14ClFN4S. The lowest BCUT2D eigenvalue weighted by molar-refractivity contribution is 0.627. The SMILES string of the molecule is Fc1ccc(-n2c(SCc3cccc(Cl)c3)nnc2-c2ccncc2)cc1. The number of halogens is 2. The van der Waals surface area contributed by atoms with Crippen LogP contribution in [0.3, 0.4) is 0 Å². The Hall–Kier alpha value is -2.70. The van der Waals surface area contributed by atoms with Gasteiger partial charge in [0.1, 0.15) is 5.82 Å². The molecule has 2 heterocycles. The van der Waals surface area contributed by atoms with E-state index < -0.39 is 0 Å². The summed E-state index contributed by atoms with van der Waals surface area (Å²) in [6.45, 7) is 0. The maximum atomic E-state index is 13.4. The maximum absolute atomic E-state index is 13.4. The normalized spacial score (nSPS) is 10.9. The number of pyridine rings is 1. The average molecular weight is 397 g/mol. The first-order chi connectivity index (χ1) is 13.2. The molecule has 4 rings (SSSR count). The molecule has 0 aliphatic rings. The minimum absolute atomic E-state index is 0.287. The van der Waals surface area contributed by atoms with Crippen molar-refractivity contribution >= 4 is 23.4 Å². The van der Waals surface area contributed by atoms with Gasteiger partial charge in [0.25, 0.3) is 0 Å². The Morgan fingerprint density at radius 2 is 1.74 bits per heavy atom. The van der Waals surface area contributed by atoms with Crippen molar-refractivity contribution in [3.05, 3.63) is 89.5 Å². The van der Waals surface area contributed by atoms with Crippen LogP contribution in [-0.2, 0) is 5.75 Å². The minimum Gasteiger partial charge on any atom is -0.270 e. The van der Waals surface area contributed by atoms with Gasteiger partial charge in [0.2, 0.25) is 0 Å². The van der Waals surface area contributed by atoms with Crippen LogP contribution in [0.15, 0.2) is 78.2 Å². The van der Waals surface area contributed by atoms with Crippen LogP contribution >= 0.6 is 23.4 Å². The largest absolute Gasteiger partial charge is 0.270 e. The molecule has 0 spiro atoms. The Kier molecular flexibility index (Phi) is 5.18. The molecule has 0 radical (unpaired) electrons. The molecule has 0 fully saturated rings. The molecule has 4 aromatic rings. The van der Waals surface area contributed by atoms with E-state index in [-0.39, 0.29) is 5.82 Å². The summed E-state index contributed by atoms with van der Waals surface area (Å²) in [5, 5.41) is 10.1. The molecule has 0 bridgehead atoms. The van der Waals surface area contributed by atoms with Gasteiger partial charge < -0.3 is 0 Å². The number of nitrogens with zero attached hydrogens (tertiary/aromatic N) is 4. The Labute approximate surface area is 165 Å². The molecule has 0 unspecified atom stereocenters. The molecule has 7 heteroatoms. The summed E-state index contributed by atoms with van der Waals surface area (Å²) in [6, 6.07) is 17.7.